The molecule has 410 valence electrons. The molecule has 5 saturated heterocycles. The number of carbonyl (C=O) groups is 2. The van der Waals surface area contributed by atoms with Crippen molar-refractivity contribution in [2.45, 2.75) is 227 Å². The second-order valence-corrected chi connectivity index (χ2v) is 23.6. The van der Waals surface area contributed by atoms with Crippen LogP contribution in [0.25, 0.3) is 0 Å². The molecule has 1 N–H and O–H groups in total. The third-order valence-corrected chi connectivity index (χ3v) is 16.7. The van der Waals surface area contributed by atoms with Crippen molar-refractivity contribution in [2.75, 3.05) is 109 Å². The van der Waals surface area contributed by atoms with E-state index in [1.165, 1.54) is 254 Å². The number of ether oxygens (including phenoxy) is 1. The first kappa shape index (κ1) is 71.1. The molecule has 9 rings (SSSR count). The minimum Gasteiger partial charge on any atom is -1.00 e. The molecule has 5 heterocycles. The monoisotopic (exact) mass is 1130 g/mol. The number of hydrogen-bond acceptors (Lipinski definition) is 6. The van der Waals surface area contributed by atoms with Crippen LogP contribution >= 0.6 is 34.2 Å². The van der Waals surface area contributed by atoms with Crippen LogP contribution in [0.3, 0.4) is 0 Å². The van der Waals surface area contributed by atoms with Gasteiger partial charge in [-0.3, -0.25) is 9.59 Å². The first-order chi connectivity index (χ1) is 33.2. The molecule has 0 aromatic rings. The van der Waals surface area contributed by atoms with Crippen molar-refractivity contribution in [1.82, 2.24) is 20.0 Å². The second-order valence-electron chi connectivity index (χ2n) is 21.7. The van der Waals surface area contributed by atoms with Crippen LogP contribution in [0, 0.1) is 23.7 Å². The van der Waals surface area contributed by atoms with Gasteiger partial charge >= 0.3 is 18.9 Å². The molecule has 0 aromatic carbocycles. The fourth-order valence-corrected chi connectivity index (χ4v) is 10.8. The quantitative estimate of drug-likeness (QED) is 0.0773. The molecule has 0 bridgehead atoms. The van der Waals surface area contributed by atoms with Crippen LogP contribution in [-0.2, 0) is 14.3 Å². The number of nitrogens with one attached hydrogen (secondary N) is 1. The standard InChI is InChI=1S/C13H26N.C11H19NO.C11H21N.C6H13N.C6H15N.C5H7ClO.C4H8O.C2H5I.Al.Li.4H/c1-2-14(12-13-8-7-9-13)10-5-3-4-6-11-14;13-11(10-6-5-7-10)12-8-3-1-2-4-9-12;1-2-4-9-12(8-3-1)10-11-6-5-7-11;1-2-4-6-7-5-3-1;1-4-7(5-2)6-3;6-5(7)4-2-1-3-4;1-2-4-5-3-1;1-2-3;;;;;;/h13H,2-12H2,1H3;10H,1-9H2;11H,1-10H2;7H,1-6H2;4-6H2,1-3H3;4H,1-3H2;1-4H2;2H2,1H3;;;;;;/q+1;;;;;;;;;+1;;;;-1. The van der Waals surface area contributed by atoms with Gasteiger partial charge in [0.05, 0.1) is 26.2 Å². The zero-order chi connectivity index (χ0) is 49.3. The Labute approximate surface area is 478 Å². The van der Waals surface area contributed by atoms with E-state index in [1.54, 1.807) is 0 Å². The van der Waals surface area contributed by atoms with Crippen molar-refractivity contribution < 1.29 is 39.1 Å². The van der Waals surface area contributed by atoms with Gasteiger partial charge in [0.2, 0.25) is 11.1 Å². The topological polar surface area (TPSA) is 65.1 Å². The Bertz CT molecular complexity index is 1130. The van der Waals surface area contributed by atoms with Crippen molar-refractivity contribution in [3.63, 3.8) is 0 Å². The van der Waals surface area contributed by atoms with Gasteiger partial charge in [-0.1, -0.05) is 114 Å². The fraction of sp³-hybridized carbons (Fsp3) is 0.966. The van der Waals surface area contributed by atoms with Crippen molar-refractivity contribution in [1.29, 1.82) is 0 Å². The van der Waals surface area contributed by atoms with E-state index in [2.05, 4.69) is 77.2 Å². The molecule has 70 heavy (non-hydrogen) atoms. The van der Waals surface area contributed by atoms with Crippen molar-refractivity contribution in [3.05, 3.63) is 0 Å². The van der Waals surface area contributed by atoms with Gasteiger partial charge in [0.15, 0.2) is 17.4 Å². The summed E-state index contributed by atoms with van der Waals surface area (Å²) in [6, 6.07) is 0. The Kier molecular flexibility index (Phi) is 49.2. The van der Waals surface area contributed by atoms with E-state index < -0.39 is 0 Å². The van der Waals surface area contributed by atoms with Crippen LogP contribution in [0.2, 0.25) is 0 Å². The maximum absolute atomic E-state index is 11.9. The normalized spacial score (nSPS) is 22.6. The Balaban J connectivity index is 0. The largest absolute Gasteiger partial charge is 1.00 e. The Morgan fingerprint density at radius 3 is 1.31 bits per heavy atom. The van der Waals surface area contributed by atoms with Crippen LogP contribution in [0.4, 0.5) is 0 Å². The third kappa shape index (κ3) is 34.7. The molecule has 8 nitrogen and oxygen atoms in total. The van der Waals surface area contributed by atoms with Crippen LogP contribution in [0.5, 0.6) is 0 Å². The molecule has 4 aliphatic carbocycles. The maximum Gasteiger partial charge on any atom is 1.00 e. The summed E-state index contributed by atoms with van der Waals surface area (Å²) in [4.78, 5) is 29.2. The second kappa shape index (κ2) is 48.5. The number of rotatable bonds is 10. The number of carbonyl (C=O) groups excluding carboxylic acids is 2. The summed E-state index contributed by atoms with van der Waals surface area (Å²) in [5, 5.41) is 3.20. The molecule has 4 saturated carbocycles. The Morgan fingerprint density at radius 2 is 1.00 bits per heavy atom. The zero-order valence-corrected chi connectivity index (χ0v) is 49.7. The van der Waals surface area contributed by atoms with Gasteiger partial charge in [0.25, 0.3) is 0 Å². The number of amides is 1. The fourth-order valence-electron chi connectivity index (χ4n) is 10.6. The minimum atomic E-state index is -0.147. The molecule has 12 heteroatoms. The van der Waals surface area contributed by atoms with Crippen LogP contribution in [-0.4, -0.2) is 157 Å². The van der Waals surface area contributed by atoms with Gasteiger partial charge < -0.3 is 30.7 Å². The summed E-state index contributed by atoms with van der Waals surface area (Å²) in [6.45, 7) is 31.2. The van der Waals surface area contributed by atoms with Crippen LogP contribution in [0.1, 0.15) is 229 Å². The summed E-state index contributed by atoms with van der Waals surface area (Å²) in [7, 11) is 0. The number of likely N-dealkylation sites (tertiary alicyclic amines) is 3. The molecule has 0 atom stereocenters. The molecule has 9 fully saturated rings. The SMILES string of the molecule is C1CCCN(CC2CCC2)CC1.C1CCCNCC1.C1CCOC1.CCI.CCN(CC)CC.CC[N+]1(CC2CCC2)CCCCCC1.O=C(C1CCC1)N1CCCCCC1.O=C(Cl)C1CCC1.[AlH3].[H-].[Li+]. The van der Waals surface area contributed by atoms with E-state index in [4.69, 9.17) is 16.3 Å². The summed E-state index contributed by atoms with van der Waals surface area (Å²) in [5.74, 6) is 3.23. The summed E-state index contributed by atoms with van der Waals surface area (Å²) >= 11 is 7.43. The predicted molar refractivity (Wildman–Crippen MR) is 315 cm³/mol. The average Bonchev–Trinajstić information content (AvgIpc) is 3.54. The average molecular weight is 1130 g/mol. The van der Waals surface area contributed by atoms with Gasteiger partial charge in [-0.05, 0) is 203 Å². The Morgan fingerprint density at radius 1 is 0.586 bits per heavy atom. The van der Waals surface area contributed by atoms with Crippen molar-refractivity contribution in [2.24, 2.45) is 23.7 Å². The molecule has 9 aliphatic rings. The van der Waals surface area contributed by atoms with E-state index in [0.29, 0.717) is 11.8 Å². The zero-order valence-electron chi connectivity index (χ0n) is 47.8. The third-order valence-electron chi connectivity index (χ3n) is 16.4. The molecule has 0 unspecified atom stereocenters. The van der Waals surface area contributed by atoms with E-state index in [0.717, 1.165) is 63.8 Å². The first-order valence-electron chi connectivity index (χ1n) is 29.9. The first-order valence-corrected chi connectivity index (χ1v) is 31.8. The molecule has 0 aromatic heterocycles. The summed E-state index contributed by atoms with van der Waals surface area (Å²) < 4.78 is 7.63. The molecular formula is C58H118AlClILiN5O3+. The number of quaternary nitrogens is 1. The minimum absolute atomic E-state index is 0. The maximum atomic E-state index is 11.9. The Hall–Kier alpha value is 1.09. The van der Waals surface area contributed by atoms with E-state index in [1.807, 2.05) is 0 Å². The molecule has 1 amide bonds. The number of hydrogen-bond donors (Lipinski definition) is 1. The summed E-state index contributed by atoms with van der Waals surface area (Å²) in [6.07, 6.45) is 40.9. The number of nitrogens with zero attached hydrogens (tertiary/aromatic N) is 4. The molecule has 5 aliphatic heterocycles. The van der Waals surface area contributed by atoms with Crippen molar-refractivity contribution >= 4 is 62.7 Å². The van der Waals surface area contributed by atoms with Gasteiger partial charge in [0.1, 0.15) is 0 Å². The van der Waals surface area contributed by atoms with Gasteiger partial charge in [0, 0.05) is 50.6 Å². The van der Waals surface area contributed by atoms with Gasteiger partial charge in [-0.15, -0.1) is 0 Å². The van der Waals surface area contributed by atoms with Gasteiger partial charge in [-0.2, -0.15) is 0 Å². The van der Waals surface area contributed by atoms with E-state index in [-0.39, 0.29) is 48.8 Å². The summed E-state index contributed by atoms with van der Waals surface area (Å²) in [5.41, 5.74) is 0. The van der Waals surface area contributed by atoms with Crippen molar-refractivity contribution in [3.8, 4) is 0 Å². The van der Waals surface area contributed by atoms with Crippen LogP contribution in [0.15, 0.2) is 0 Å². The van der Waals surface area contributed by atoms with E-state index >= 15 is 0 Å². The van der Waals surface area contributed by atoms with Crippen LogP contribution < -0.4 is 24.2 Å². The van der Waals surface area contributed by atoms with Gasteiger partial charge in [-0.25, -0.2) is 0 Å². The molecular weight excluding hydrogens is 1010 g/mol. The van der Waals surface area contributed by atoms with E-state index in [9.17, 15) is 9.59 Å². The smallest absolute Gasteiger partial charge is 1.00 e. The molecule has 0 spiro atoms. The number of alkyl halides is 1. The predicted octanol–water partition coefficient (Wildman–Crippen LogP) is 10.3. The molecule has 0 radical (unpaired) electrons. The number of halogens is 2.